The first-order chi connectivity index (χ1) is 23.9. The zero-order valence-electron chi connectivity index (χ0n) is 32.7. The molecule has 50 heavy (non-hydrogen) atoms. The van der Waals surface area contributed by atoms with Crippen LogP contribution in [0.15, 0.2) is 34.3 Å². The lowest BCUT2D eigenvalue weighted by Gasteiger charge is -2.30. The van der Waals surface area contributed by atoms with Gasteiger partial charge in [-0.15, -0.1) is 0 Å². The summed E-state index contributed by atoms with van der Waals surface area (Å²) in [6, 6.07) is 8.32. The number of nitrogens with zero attached hydrogens (tertiary/aromatic N) is 8. The summed E-state index contributed by atoms with van der Waals surface area (Å²) in [5, 5.41) is 22.5. The van der Waals surface area contributed by atoms with Crippen molar-refractivity contribution in [1.82, 2.24) is 29.4 Å². The summed E-state index contributed by atoms with van der Waals surface area (Å²) in [5.41, 5.74) is 5.88. The lowest BCUT2D eigenvalue weighted by atomic mass is 10.0. The van der Waals surface area contributed by atoms with Crippen LogP contribution in [0.4, 0.5) is 0 Å². The van der Waals surface area contributed by atoms with E-state index in [1.54, 1.807) is 0 Å². The maximum Gasteiger partial charge on any atom is 0.128 e. The molecule has 0 aromatic heterocycles. The van der Waals surface area contributed by atoms with Crippen molar-refractivity contribution >= 4 is 12.4 Å². The van der Waals surface area contributed by atoms with Crippen molar-refractivity contribution in [3.63, 3.8) is 0 Å². The smallest absolute Gasteiger partial charge is 0.128 e. The third-order valence-electron chi connectivity index (χ3n) is 9.38. The number of aryl methyl sites for hydroxylation is 2. The summed E-state index contributed by atoms with van der Waals surface area (Å²) in [5.74, 6) is 0.715. The number of hydrogen-bond acceptors (Lipinski definition) is 10. The van der Waals surface area contributed by atoms with Crippen molar-refractivity contribution in [2.75, 3.05) is 121 Å². The maximum atomic E-state index is 11.2. The molecular formula is C40H68N8O2. The van der Waals surface area contributed by atoms with Crippen molar-refractivity contribution < 1.29 is 10.2 Å². The van der Waals surface area contributed by atoms with Crippen LogP contribution in [0.5, 0.6) is 11.5 Å². The average Bonchev–Trinajstić information content (AvgIpc) is 3.05. The number of likely N-dealkylation sites (N-methyl/N-ethyl adjacent to an activating group) is 2. The van der Waals surface area contributed by atoms with Crippen molar-refractivity contribution in [3.05, 3.63) is 57.6 Å². The number of hydrogen-bond donors (Lipinski definition) is 2. The molecule has 1 aliphatic heterocycles. The molecule has 1 aliphatic rings. The summed E-state index contributed by atoms with van der Waals surface area (Å²) in [7, 11) is 12.7. The zero-order valence-corrected chi connectivity index (χ0v) is 32.7. The molecule has 1 fully saturated rings. The Labute approximate surface area is 304 Å². The molecule has 0 saturated carbocycles. The van der Waals surface area contributed by atoms with E-state index < -0.39 is 0 Å². The molecule has 2 aromatic rings. The van der Waals surface area contributed by atoms with Gasteiger partial charge in [0.2, 0.25) is 0 Å². The van der Waals surface area contributed by atoms with Crippen LogP contribution in [0, 0.1) is 13.8 Å². The standard InChI is InChI=1S/C40H68N8O2/c1-33-25-35(29-41-13-9-15-43(3)4)39(49)37(27-33)31-47-19-11-17-46(8)22-24-48(20-12-18-45(7)21-23-47)32-38-28-34(2)26-36(40(38)50)30-42-14-10-16-44(5)6/h25-30,49-50H,9-24,31-32H2,1-8H3. The van der Waals surface area contributed by atoms with E-state index in [1.165, 1.54) is 0 Å². The van der Waals surface area contributed by atoms with Crippen LogP contribution < -0.4 is 0 Å². The monoisotopic (exact) mass is 693 g/mol. The van der Waals surface area contributed by atoms with Gasteiger partial charge in [0, 0.05) is 87.0 Å². The second-order valence-electron chi connectivity index (χ2n) is 15.0. The Balaban J connectivity index is 1.62. The number of rotatable bonds is 14. The van der Waals surface area contributed by atoms with Crippen LogP contribution in [0.3, 0.4) is 0 Å². The van der Waals surface area contributed by atoms with E-state index in [4.69, 9.17) is 0 Å². The number of benzene rings is 2. The van der Waals surface area contributed by atoms with Crippen LogP contribution in [0.2, 0.25) is 0 Å². The molecule has 2 aromatic carbocycles. The minimum Gasteiger partial charge on any atom is -0.507 e. The first-order valence-electron chi connectivity index (χ1n) is 18.7. The molecule has 1 heterocycles. The van der Waals surface area contributed by atoms with E-state index in [2.05, 4.69) is 108 Å². The van der Waals surface area contributed by atoms with Gasteiger partial charge in [-0.3, -0.25) is 19.8 Å². The molecular weight excluding hydrogens is 624 g/mol. The summed E-state index contributed by atoms with van der Waals surface area (Å²) >= 11 is 0. The molecule has 1 saturated heterocycles. The molecule has 0 radical (unpaired) electrons. The Kier molecular flexibility index (Phi) is 18.4. The van der Waals surface area contributed by atoms with E-state index >= 15 is 0 Å². The number of phenolic OH excluding ortho intramolecular Hbond substituents is 2. The van der Waals surface area contributed by atoms with E-state index in [0.29, 0.717) is 11.5 Å². The van der Waals surface area contributed by atoms with Crippen molar-refractivity contribution in [3.8, 4) is 11.5 Å². The molecule has 2 N–H and O–H groups in total. The molecule has 10 nitrogen and oxygen atoms in total. The van der Waals surface area contributed by atoms with Gasteiger partial charge in [-0.2, -0.15) is 0 Å². The molecule has 0 bridgehead atoms. The highest BCUT2D eigenvalue weighted by molar-refractivity contribution is 5.85. The molecule has 0 unspecified atom stereocenters. The van der Waals surface area contributed by atoms with Gasteiger partial charge in [-0.1, -0.05) is 12.1 Å². The predicted molar refractivity (Wildman–Crippen MR) is 212 cm³/mol. The van der Waals surface area contributed by atoms with Gasteiger partial charge in [0.1, 0.15) is 11.5 Å². The summed E-state index contributed by atoms with van der Waals surface area (Å²) < 4.78 is 0. The third kappa shape index (κ3) is 15.6. The second-order valence-corrected chi connectivity index (χ2v) is 15.0. The Hall–Kier alpha value is -2.86. The molecule has 10 heteroatoms. The highest BCUT2D eigenvalue weighted by Crippen LogP contribution is 2.26. The van der Waals surface area contributed by atoms with Crippen LogP contribution in [-0.2, 0) is 13.1 Å². The maximum absolute atomic E-state index is 11.2. The van der Waals surface area contributed by atoms with Gasteiger partial charge in [-0.25, -0.2) is 0 Å². The van der Waals surface area contributed by atoms with Crippen LogP contribution in [-0.4, -0.2) is 173 Å². The van der Waals surface area contributed by atoms with Gasteiger partial charge in [0.05, 0.1) is 0 Å². The first kappa shape index (κ1) is 41.6. The second kappa shape index (κ2) is 22.2. The normalized spacial score (nSPS) is 17.5. The third-order valence-corrected chi connectivity index (χ3v) is 9.38. The largest absolute Gasteiger partial charge is 0.507 e. The lowest BCUT2D eigenvalue weighted by molar-refractivity contribution is 0.172. The van der Waals surface area contributed by atoms with Crippen LogP contribution in [0.1, 0.15) is 59.1 Å². The fraction of sp³-hybridized carbons (Fsp3) is 0.650. The fourth-order valence-electron chi connectivity index (χ4n) is 6.49. The molecule has 0 aliphatic carbocycles. The van der Waals surface area contributed by atoms with Crippen molar-refractivity contribution in [2.24, 2.45) is 9.98 Å². The summed E-state index contributed by atoms with van der Waals surface area (Å²) in [6.07, 6.45) is 7.81. The molecule has 3 rings (SSSR count). The van der Waals surface area contributed by atoms with Gasteiger partial charge in [-0.05, 0) is 144 Å². The summed E-state index contributed by atoms with van der Waals surface area (Å²) in [4.78, 5) is 23.4. The van der Waals surface area contributed by atoms with E-state index in [9.17, 15) is 10.2 Å². The highest BCUT2D eigenvalue weighted by Gasteiger charge is 2.17. The highest BCUT2D eigenvalue weighted by atomic mass is 16.3. The topological polar surface area (TPSA) is 84.6 Å². The molecule has 0 spiro atoms. The quantitative estimate of drug-likeness (QED) is 0.223. The summed E-state index contributed by atoms with van der Waals surface area (Å²) in [6.45, 7) is 17.0. The lowest BCUT2D eigenvalue weighted by Crippen LogP contribution is -2.39. The minimum absolute atomic E-state index is 0.357. The number of aliphatic imine (C=N–C) groups is 2. The van der Waals surface area contributed by atoms with E-state index in [-0.39, 0.29) is 0 Å². The van der Waals surface area contributed by atoms with Crippen LogP contribution >= 0.6 is 0 Å². The van der Waals surface area contributed by atoms with E-state index in [0.717, 1.165) is 151 Å². The Morgan fingerprint density at radius 1 is 0.600 bits per heavy atom. The molecule has 280 valence electrons. The SMILES string of the molecule is Cc1cc(C=NCCCN(C)C)c(O)c(CN2CCCN(C)CCN(Cc3cc(C)cc(C=NCCCN(C)C)c3O)CCCN(C)CC2)c1. The fourth-order valence-corrected chi connectivity index (χ4v) is 6.49. The van der Waals surface area contributed by atoms with Crippen LogP contribution in [0.25, 0.3) is 0 Å². The molecule has 0 amide bonds. The first-order valence-corrected chi connectivity index (χ1v) is 18.7. The van der Waals surface area contributed by atoms with Gasteiger partial charge in [0.25, 0.3) is 0 Å². The predicted octanol–water partition coefficient (Wildman–Crippen LogP) is 4.42. The Bertz CT molecular complexity index is 1240. The van der Waals surface area contributed by atoms with Gasteiger partial charge < -0.3 is 29.8 Å². The van der Waals surface area contributed by atoms with Crippen molar-refractivity contribution in [2.45, 2.75) is 52.6 Å². The van der Waals surface area contributed by atoms with Crippen molar-refractivity contribution in [1.29, 1.82) is 0 Å². The van der Waals surface area contributed by atoms with Gasteiger partial charge in [0.15, 0.2) is 0 Å². The Morgan fingerprint density at radius 2 is 1.00 bits per heavy atom. The average molecular weight is 693 g/mol. The van der Waals surface area contributed by atoms with Gasteiger partial charge >= 0.3 is 0 Å². The number of aromatic hydroxyl groups is 2. The molecule has 0 atom stereocenters. The van der Waals surface area contributed by atoms with E-state index in [1.807, 2.05) is 24.6 Å². The zero-order chi connectivity index (χ0) is 36.5. The number of phenols is 2. The minimum atomic E-state index is 0.357. The Morgan fingerprint density at radius 3 is 1.38 bits per heavy atom.